The van der Waals surface area contributed by atoms with Crippen LogP contribution in [0.5, 0.6) is 23.0 Å². The molecular formula is C65H89N9O15. The minimum atomic E-state index is -1.05. The number of benzene rings is 4. The summed E-state index contributed by atoms with van der Waals surface area (Å²) in [5.41, 5.74) is 30.6. The molecule has 0 radical (unpaired) electrons. The second-order valence-electron chi connectivity index (χ2n) is 21.7. The average molecular weight is 1240 g/mol. The van der Waals surface area contributed by atoms with Gasteiger partial charge < -0.3 is 74.0 Å². The fraction of sp³-hybridized carbons (Fsp3) is 0.477. The molecule has 4 rings (SSSR count). The molecule has 0 heterocycles. The predicted molar refractivity (Wildman–Crippen MR) is 334 cm³/mol. The Kier molecular flexibility index (Phi) is 31.7. The van der Waals surface area contributed by atoms with Gasteiger partial charge >= 0.3 is 5.97 Å². The highest BCUT2D eigenvalue weighted by Gasteiger charge is 2.29. The number of amides is 5. The first-order valence-corrected chi connectivity index (χ1v) is 30.1. The Morgan fingerprint density at radius 1 is 0.382 bits per heavy atom. The Bertz CT molecular complexity index is 3080. The van der Waals surface area contributed by atoms with Crippen LogP contribution in [0.2, 0.25) is 0 Å². The number of nitrogens with two attached hydrogens (primary N) is 5. The highest BCUT2D eigenvalue weighted by molar-refractivity contribution is 6.04. The standard InChI is InChI=1S/C65H89N9O15/c1-86-56-24-20-40(32-44(56)62(70)82)36-53(76)49(15-6-10-29-67)72-64(84)46-34-42(22-26-58(46)88-3)38-55(78)51(17-8-12-31-69)74-65(85)47-35-43(23-27-59(47)89-4)39-54(77)50(16-7-11-30-68)73-63(83)45-33-41(21-25-57(45)87-2)37-52(75)48(14-5-9-28-66)71-60(79)18-13-19-61(80)81/h20-27,32-35,48-51H,5-19,28-31,36-39,66-69H2,1-4H3,(H2,70,82)(H,71,79)(H,72,84)(H,73,83)(H,74,85)(H,80,81)/t48-,49-,50-,51-/m0/s1. The summed E-state index contributed by atoms with van der Waals surface area (Å²) in [6, 6.07) is 14.6. The summed E-state index contributed by atoms with van der Waals surface area (Å²) in [6.45, 7) is 1.41. The SMILES string of the molecule is COc1ccc(CC(=O)[C@H](CCCCN)NC(=O)c2cc(CC(=O)[C@H](CCCCN)NC(=O)c3cc(CC(=O)[C@H](CCCCN)NC(=O)c4cc(CC(=O)[C@H](CCCCN)NC(=O)CCCC(=O)O)ccc4OC)ccc3OC)ccc2OC)cc1C(N)=O. The van der Waals surface area contributed by atoms with Crippen LogP contribution in [-0.2, 0) is 54.5 Å². The second-order valence-corrected chi connectivity index (χ2v) is 21.7. The van der Waals surface area contributed by atoms with Crippen molar-refractivity contribution in [2.24, 2.45) is 28.7 Å². The summed E-state index contributed by atoms with van der Waals surface area (Å²) in [7, 11) is 5.51. The van der Waals surface area contributed by atoms with E-state index < -0.39 is 71.2 Å². The summed E-state index contributed by atoms with van der Waals surface area (Å²) >= 11 is 0. The smallest absolute Gasteiger partial charge is 0.303 e. The Morgan fingerprint density at radius 3 is 0.910 bits per heavy atom. The first-order valence-electron chi connectivity index (χ1n) is 30.1. The molecule has 15 N–H and O–H groups in total. The first-order chi connectivity index (χ1) is 42.7. The highest BCUT2D eigenvalue weighted by Crippen LogP contribution is 2.27. The molecule has 24 heteroatoms. The van der Waals surface area contributed by atoms with E-state index in [-0.39, 0.29) is 121 Å². The Hall–Kier alpha value is -8.58. The summed E-state index contributed by atoms with van der Waals surface area (Å²) in [6.07, 6.45) is 4.28. The average Bonchev–Trinajstić information content (AvgIpc) is 3.19. The zero-order valence-corrected chi connectivity index (χ0v) is 51.6. The second kappa shape index (κ2) is 38.6. The van der Waals surface area contributed by atoms with E-state index in [9.17, 15) is 47.9 Å². The van der Waals surface area contributed by atoms with E-state index >= 15 is 0 Å². The molecule has 0 unspecified atom stereocenters. The molecule has 0 bridgehead atoms. The summed E-state index contributed by atoms with van der Waals surface area (Å²) in [5.74, 6) is -4.97. The number of hydrogen-bond donors (Lipinski definition) is 10. The number of ketones is 4. The van der Waals surface area contributed by atoms with Gasteiger partial charge in [-0.3, -0.25) is 47.9 Å². The van der Waals surface area contributed by atoms with Crippen molar-refractivity contribution >= 4 is 58.6 Å². The zero-order valence-electron chi connectivity index (χ0n) is 51.6. The van der Waals surface area contributed by atoms with E-state index in [0.29, 0.717) is 106 Å². The molecule has 0 saturated carbocycles. The van der Waals surface area contributed by atoms with Gasteiger partial charge in [0.2, 0.25) is 5.91 Å². The fourth-order valence-electron chi connectivity index (χ4n) is 10.1. The Morgan fingerprint density at radius 2 is 0.652 bits per heavy atom. The number of aliphatic carboxylic acids is 1. The number of hydrogen-bond acceptors (Lipinski definition) is 18. The van der Waals surface area contributed by atoms with Gasteiger partial charge in [0, 0.05) is 38.5 Å². The van der Waals surface area contributed by atoms with Gasteiger partial charge in [-0.15, -0.1) is 0 Å². The van der Waals surface area contributed by atoms with Crippen LogP contribution in [0, 0.1) is 0 Å². The molecule has 4 atom stereocenters. The molecule has 24 nitrogen and oxygen atoms in total. The number of carbonyl (C=O) groups excluding carboxylic acids is 9. The van der Waals surface area contributed by atoms with Crippen LogP contribution in [0.3, 0.4) is 0 Å². The van der Waals surface area contributed by atoms with Gasteiger partial charge in [-0.1, -0.05) is 24.3 Å². The molecule has 0 spiro atoms. The van der Waals surface area contributed by atoms with Crippen LogP contribution < -0.4 is 68.9 Å². The lowest BCUT2D eigenvalue weighted by Crippen LogP contribution is -2.42. The van der Waals surface area contributed by atoms with Crippen molar-refractivity contribution < 1.29 is 72.0 Å². The van der Waals surface area contributed by atoms with Gasteiger partial charge in [-0.2, -0.15) is 0 Å². The van der Waals surface area contributed by atoms with Crippen molar-refractivity contribution in [3.63, 3.8) is 0 Å². The quantitative estimate of drug-likeness (QED) is 0.0281. The normalized spacial score (nSPS) is 12.3. The van der Waals surface area contributed by atoms with E-state index in [2.05, 4.69) is 21.3 Å². The van der Waals surface area contributed by atoms with E-state index in [1.165, 1.54) is 77.0 Å². The van der Waals surface area contributed by atoms with Gasteiger partial charge in [-0.05, 0) is 180 Å². The molecule has 5 amide bonds. The van der Waals surface area contributed by atoms with Crippen molar-refractivity contribution in [2.45, 2.75) is 146 Å². The third-order valence-corrected chi connectivity index (χ3v) is 15.0. The number of carbonyl (C=O) groups is 10. The lowest BCUT2D eigenvalue weighted by atomic mass is 9.95. The number of carboxylic acid groups (broad SMARTS) is 1. The zero-order chi connectivity index (χ0) is 65.4. The van der Waals surface area contributed by atoms with Gasteiger partial charge in [0.25, 0.3) is 23.6 Å². The van der Waals surface area contributed by atoms with E-state index in [0.717, 1.165) is 0 Å². The largest absolute Gasteiger partial charge is 0.496 e. The number of ether oxygens (including phenoxy) is 4. The molecule has 0 aliphatic carbocycles. The lowest BCUT2D eigenvalue weighted by Gasteiger charge is -2.21. The number of methoxy groups -OCH3 is 4. The van der Waals surface area contributed by atoms with E-state index in [1.54, 1.807) is 24.3 Å². The van der Waals surface area contributed by atoms with Crippen LogP contribution in [0.25, 0.3) is 0 Å². The van der Waals surface area contributed by atoms with Crippen molar-refractivity contribution in [1.29, 1.82) is 0 Å². The first kappa shape index (κ1) is 72.9. The number of unbranched alkanes of at least 4 members (excludes halogenated alkanes) is 4. The maximum Gasteiger partial charge on any atom is 0.303 e. The highest BCUT2D eigenvalue weighted by atomic mass is 16.5. The Balaban J connectivity index is 1.55. The molecular weight excluding hydrogens is 1150 g/mol. The van der Waals surface area contributed by atoms with E-state index in [1.807, 2.05) is 0 Å². The van der Waals surface area contributed by atoms with Crippen LogP contribution in [0.1, 0.15) is 160 Å². The van der Waals surface area contributed by atoms with Crippen LogP contribution in [-0.4, -0.2) is 143 Å². The van der Waals surface area contributed by atoms with Crippen molar-refractivity contribution in [1.82, 2.24) is 21.3 Å². The molecule has 89 heavy (non-hydrogen) atoms. The summed E-state index contributed by atoms with van der Waals surface area (Å²) < 4.78 is 21.9. The van der Waals surface area contributed by atoms with E-state index in [4.69, 9.17) is 52.7 Å². The molecule has 0 fully saturated rings. The molecule has 4 aromatic rings. The number of Topliss-reactive ketones (excluding diaryl/α,β-unsaturated/α-hetero) is 4. The van der Waals surface area contributed by atoms with Crippen LogP contribution >= 0.6 is 0 Å². The van der Waals surface area contributed by atoms with Crippen molar-refractivity contribution in [3.8, 4) is 23.0 Å². The van der Waals surface area contributed by atoms with Gasteiger partial charge in [0.1, 0.15) is 23.0 Å². The molecule has 0 aromatic heterocycles. The summed E-state index contributed by atoms with van der Waals surface area (Å²) in [5, 5.41) is 20.3. The van der Waals surface area contributed by atoms with Gasteiger partial charge in [0.15, 0.2) is 23.1 Å². The third kappa shape index (κ3) is 23.8. The number of carboxylic acids is 1. The molecule has 0 saturated heterocycles. The van der Waals surface area contributed by atoms with Gasteiger partial charge in [0.05, 0.1) is 74.9 Å². The Labute approximate surface area is 519 Å². The monoisotopic (exact) mass is 1240 g/mol. The molecule has 4 aromatic carbocycles. The van der Waals surface area contributed by atoms with Crippen molar-refractivity contribution in [2.75, 3.05) is 54.6 Å². The third-order valence-electron chi connectivity index (χ3n) is 15.0. The minimum Gasteiger partial charge on any atom is -0.496 e. The summed E-state index contributed by atoms with van der Waals surface area (Å²) in [4.78, 5) is 135. The molecule has 0 aliphatic heterocycles. The van der Waals surface area contributed by atoms with Crippen LogP contribution in [0.4, 0.5) is 0 Å². The number of primary amides is 1. The number of nitrogens with one attached hydrogen (secondary N) is 4. The lowest BCUT2D eigenvalue weighted by molar-refractivity contribution is -0.137. The molecule has 484 valence electrons. The molecule has 0 aliphatic rings. The maximum atomic E-state index is 14.4. The fourth-order valence-corrected chi connectivity index (χ4v) is 10.1. The minimum absolute atomic E-state index is 0.0212. The predicted octanol–water partition coefficient (Wildman–Crippen LogP) is 3.92. The number of rotatable bonds is 44. The van der Waals surface area contributed by atoms with Crippen molar-refractivity contribution in [3.05, 3.63) is 117 Å². The maximum absolute atomic E-state index is 14.4. The van der Waals surface area contributed by atoms with Gasteiger partial charge in [-0.25, -0.2) is 0 Å². The topological polar surface area (TPSA) is 406 Å². The van der Waals surface area contributed by atoms with Crippen LogP contribution in [0.15, 0.2) is 72.8 Å².